The fraction of sp³-hybridized carbons (Fsp3) is 0. The van der Waals surface area contributed by atoms with Crippen molar-refractivity contribution in [3.63, 3.8) is 0 Å². The van der Waals surface area contributed by atoms with E-state index in [1.807, 2.05) is 0 Å². The van der Waals surface area contributed by atoms with Crippen LogP contribution in [0.15, 0.2) is 103 Å². The van der Waals surface area contributed by atoms with Crippen LogP contribution in [0.25, 0.3) is 81.4 Å². The molecule has 1 N–H and O–H groups in total. The molecule has 0 aliphatic carbocycles. The Bertz CT molecular complexity index is 2280. The first-order chi connectivity index (χ1) is 16.9. The van der Waals surface area contributed by atoms with Gasteiger partial charge in [0.2, 0.25) is 0 Å². The number of H-pyrrole nitrogens is 1. The van der Waals surface area contributed by atoms with Crippen molar-refractivity contribution in [2.24, 2.45) is 0 Å². The van der Waals surface area contributed by atoms with E-state index in [0.29, 0.717) is 0 Å². The van der Waals surface area contributed by atoms with Crippen molar-refractivity contribution in [1.82, 2.24) is 9.38 Å². The predicted molar refractivity (Wildman–Crippen MR) is 145 cm³/mol. The SMILES string of the molecule is c1ccc2cc3c(cc2c1)c1cccc2c4cccc5[nH]c6cc7ccccc7c(c6c54)n3c21. The molecule has 0 aliphatic rings. The van der Waals surface area contributed by atoms with Gasteiger partial charge in [0.05, 0.1) is 16.6 Å². The molecule has 0 amide bonds. The highest BCUT2D eigenvalue weighted by atomic mass is 14.9. The molecule has 156 valence electrons. The Kier molecular flexibility index (Phi) is 2.83. The Morgan fingerprint density at radius 1 is 0.441 bits per heavy atom. The molecule has 9 rings (SSSR count). The topological polar surface area (TPSA) is 20.2 Å². The van der Waals surface area contributed by atoms with E-state index in [0.717, 1.165) is 0 Å². The molecule has 2 nitrogen and oxygen atoms in total. The molecule has 0 saturated carbocycles. The maximum atomic E-state index is 3.74. The van der Waals surface area contributed by atoms with Crippen LogP contribution in [0, 0.1) is 0 Å². The van der Waals surface area contributed by atoms with Crippen LogP contribution >= 0.6 is 0 Å². The van der Waals surface area contributed by atoms with Crippen molar-refractivity contribution in [1.29, 1.82) is 0 Å². The second-order valence-electron chi connectivity index (χ2n) is 9.48. The number of nitrogens with zero attached hydrogens (tertiary/aromatic N) is 1. The number of fused-ring (bicyclic) bond motifs is 8. The van der Waals surface area contributed by atoms with Crippen molar-refractivity contribution in [2.75, 3.05) is 0 Å². The Hall–Kier alpha value is -4.56. The van der Waals surface area contributed by atoms with Crippen molar-refractivity contribution in [2.45, 2.75) is 0 Å². The van der Waals surface area contributed by atoms with Gasteiger partial charge >= 0.3 is 0 Å². The van der Waals surface area contributed by atoms with E-state index >= 15 is 0 Å². The van der Waals surface area contributed by atoms with Crippen LogP contribution in [0.5, 0.6) is 0 Å². The summed E-state index contributed by atoms with van der Waals surface area (Å²) in [4.78, 5) is 3.74. The van der Waals surface area contributed by atoms with Crippen LogP contribution in [0.4, 0.5) is 0 Å². The van der Waals surface area contributed by atoms with Gasteiger partial charge in [-0.2, -0.15) is 0 Å². The number of hydrogen-bond donors (Lipinski definition) is 1. The summed E-state index contributed by atoms with van der Waals surface area (Å²) < 4.78 is 2.55. The molecule has 0 spiro atoms. The van der Waals surface area contributed by atoms with Gasteiger partial charge in [0.1, 0.15) is 0 Å². The van der Waals surface area contributed by atoms with Crippen molar-refractivity contribution >= 4 is 81.4 Å². The Balaban J connectivity index is 1.79. The average Bonchev–Trinajstić information content (AvgIpc) is 3.36. The van der Waals surface area contributed by atoms with Crippen molar-refractivity contribution in [3.05, 3.63) is 103 Å². The monoisotopic (exact) mass is 430 g/mol. The summed E-state index contributed by atoms with van der Waals surface area (Å²) >= 11 is 0. The van der Waals surface area contributed by atoms with Gasteiger partial charge < -0.3 is 9.38 Å². The van der Waals surface area contributed by atoms with E-state index in [1.165, 1.54) is 81.4 Å². The van der Waals surface area contributed by atoms with Crippen LogP contribution in [0.2, 0.25) is 0 Å². The summed E-state index contributed by atoms with van der Waals surface area (Å²) in [7, 11) is 0. The number of benzene rings is 6. The highest BCUT2D eigenvalue weighted by Crippen LogP contribution is 2.44. The lowest BCUT2D eigenvalue weighted by Gasteiger charge is -2.07. The minimum Gasteiger partial charge on any atom is -0.354 e. The number of hydrogen-bond acceptors (Lipinski definition) is 0. The molecule has 0 unspecified atom stereocenters. The third-order valence-corrected chi connectivity index (χ3v) is 7.77. The number of para-hydroxylation sites is 1. The molecule has 0 atom stereocenters. The molecular weight excluding hydrogens is 412 g/mol. The van der Waals surface area contributed by atoms with Crippen molar-refractivity contribution in [3.8, 4) is 0 Å². The van der Waals surface area contributed by atoms with Gasteiger partial charge in [-0.25, -0.2) is 0 Å². The summed E-state index contributed by atoms with van der Waals surface area (Å²) in [5, 5.41) is 12.9. The molecule has 0 bridgehead atoms. The zero-order valence-corrected chi connectivity index (χ0v) is 18.3. The summed E-state index contributed by atoms with van der Waals surface area (Å²) in [5.74, 6) is 0. The van der Waals surface area contributed by atoms with Gasteiger partial charge in [-0.1, -0.05) is 78.9 Å². The minimum atomic E-state index is 1.19. The van der Waals surface area contributed by atoms with Gasteiger partial charge in [-0.15, -0.1) is 0 Å². The molecule has 0 aliphatic heterocycles. The van der Waals surface area contributed by atoms with Gasteiger partial charge in [0.25, 0.3) is 0 Å². The third-order valence-electron chi connectivity index (χ3n) is 7.77. The highest BCUT2D eigenvalue weighted by molar-refractivity contribution is 6.34. The first kappa shape index (κ1) is 17.0. The van der Waals surface area contributed by atoms with E-state index in [2.05, 4.69) is 113 Å². The number of rotatable bonds is 0. The highest BCUT2D eigenvalue weighted by Gasteiger charge is 2.20. The smallest absolute Gasteiger partial charge is 0.0641 e. The lowest BCUT2D eigenvalue weighted by Crippen LogP contribution is -1.88. The Morgan fingerprint density at radius 3 is 2.00 bits per heavy atom. The summed E-state index contributed by atoms with van der Waals surface area (Å²) in [5.41, 5.74) is 6.24. The van der Waals surface area contributed by atoms with Gasteiger partial charge in [-0.05, 0) is 45.8 Å². The maximum Gasteiger partial charge on any atom is 0.0641 e. The van der Waals surface area contributed by atoms with Crippen LogP contribution in [-0.2, 0) is 0 Å². The van der Waals surface area contributed by atoms with E-state index in [4.69, 9.17) is 0 Å². The van der Waals surface area contributed by atoms with Crippen LogP contribution < -0.4 is 0 Å². The molecule has 0 saturated heterocycles. The first-order valence-electron chi connectivity index (χ1n) is 11.8. The van der Waals surface area contributed by atoms with E-state index in [-0.39, 0.29) is 0 Å². The maximum absolute atomic E-state index is 3.74. The zero-order valence-electron chi connectivity index (χ0n) is 18.3. The standard InChI is InChI=1S/C32H18N2/c1-2-8-19-17-28-25(15-18(19)7-1)24-13-5-12-23-22-11-6-14-26-29(22)30-27(33-26)16-20-9-3-4-10-21(20)32(30)34(28)31(23)24/h1-17,33H. The summed E-state index contributed by atoms with van der Waals surface area (Å²) in [6, 6.07) is 38.0. The molecule has 3 aromatic heterocycles. The summed E-state index contributed by atoms with van der Waals surface area (Å²) in [6.45, 7) is 0. The molecule has 0 radical (unpaired) electrons. The second-order valence-corrected chi connectivity index (χ2v) is 9.48. The predicted octanol–water partition coefficient (Wildman–Crippen LogP) is 8.78. The normalized spacial score (nSPS) is 12.7. The Morgan fingerprint density at radius 2 is 1.12 bits per heavy atom. The lowest BCUT2D eigenvalue weighted by molar-refractivity contribution is 1.37. The first-order valence-corrected chi connectivity index (χ1v) is 11.8. The zero-order chi connectivity index (χ0) is 22.0. The molecule has 3 heterocycles. The number of aromatic amines is 1. The van der Waals surface area contributed by atoms with Crippen LogP contribution in [-0.4, -0.2) is 9.38 Å². The quantitative estimate of drug-likeness (QED) is 0.248. The molecular formula is C32H18N2. The van der Waals surface area contributed by atoms with Crippen molar-refractivity contribution < 1.29 is 0 Å². The molecule has 2 heteroatoms. The van der Waals surface area contributed by atoms with Crippen LogP contribution in [0.3, 0.4) is 0 Å². The van der Waals surface area contributed by atoms with E-state index in [9.17, 15) is 0 Å². The van der Waals surface area contributed by atoms with Gasteiger partial charge in [0, 0.05) is 43.4 Å². The number of nitrogens with one attached hydrogen (secondary N) is 1. The van der Waals surface area contributed by atoms with Crippen LogP contribution in [0.1, 0.15) is 0 Å². The number of aromatic nitrogens is 2. The van der Waals surface area contributed by atoms with Gasteiger partial charge in [-0.3, -0.25) is 0 Å². The third kappa shape index (κ3) is 1.86. The van der Waals surface area contributed by atoms with Gasteiger partial charge in [0.15, 0.2) is 0 Å². The molecule has 0 fully saturated rings. The minimum absolute atomic E-state index is 1.19. The van der Waals surface area contributed by atoms with E-state index < -0.39 is 0 Å². The van der Waals surface area contributed by atoms with E-state index in [1.54, 1.807) is 0 Å². The molecule has 9 aromatic rings. The molecule has 6 aromatic carbocycles. The second kappa shape index (κ2) is 5.67. The largest absolute Gasteiger partial charge is 0.354 e. The fourth-order valence-electron chi connectivity index (χ4n) is 6.41. The molecule has 34 heavy (non-hydrogen) atoms. The average molecular weight is 431 g/mol. The Labute approximate surface area is 194 Å². The fourth-order valence-corrected chi connectivity index (χ4v) is 6.41. The lowest BCUT2D eigenvalue weighted by atomic mass is 10.0. The summed E-state index contributed by atoms with van der Waals surface area (Å²) in [6.07, 6.45) is 0.